The highest BCUT2D eigenvalue weighted by atomic mass is 32.1. The van der Waals surface area contributed by atoms with Gasteiger partial charge in [0.15, 0.2) is 0 Å². The summed E-state index contributed by atoms with van der Waals surface area (Å²) in [5.74, 6) is -0.868. The molecule has 4 heterocycles. The van der Waals surface area contributed by atoms with Gasteiger partial charge in [-0.3, -0.25) is 19.0 Å². The number of ether oxygens (including phenoxy) is 1. The second kappa shape index (κ2) is 9.18. The molecule has 5 rings (SSSR count). The standard InChI is InChI=1S/C25H22N4O4S/c1-15-6-4-10-20-27-17(12-21(30)29(15)20)14-33-25(32)22-18-8-2-3-9-19(18)34-24(22)28-23(31)16-7-5-11-26-13-16/h4-7,10-13H,2-3,8-9,14H2,1H3,(H,28,31). The quantitative estimate of drug-likeness (QED) is 0.440. The highest BCUT2D eigenvalue weighted by Crippen LogP contribution is 2.39. The van der Waals surface area contributed by atoms with E-state index in [-0.39, 0.29) is 18.1 Å². The molecule has 0 fully saturated rings. The zero-order valence-electron chi connectivity index (χ0n) is 18.5. The summed E-state index contributed by atoms with van der Waals surface area (Å²) in [6.45, 7) is 1.69. The van der Waals surface area contributed by atoms with E-state index in [2.05, 4.69) is 15.3 Å². The van der Waals surface area contributed by atoms with Crippen LogP contribution in [0.2, 0.25) is 0 Å². The number of pyridine rings is 2. The molecule has 0 saturated heterocycles. The van der Waals surface area contributed by atoms with Crippen LogP contribution in [0, 0.1) is 6.92 Å². The Morgan fingerprint density at radius 2 is 2.03 bits per heavy atom. The largest absolute Gasteiger partial charge is 0.455 e. The van der Waals surface area contributed by atoms with Crippen molar-refractivity contribution in [3.63, 3.8) is 0 Å². The Hall–Kier alpha value is -3.85. The Labute approximate surface area is 199 Å². The first-order chi connectivity index (χ1) is 16.5. The number of esters is 1. The van der Waals surface area contributed by atoms with Crippen LogP contribution in [-0.2, 0) is 24.2 Å². The van der Waals surface area contributed by atoms with Crippen molar-refractivity contribution in [2.45, 2.75) is 39.2 Å². The first-order valence-corrected chi connectivity index (χ1v) is 11.8. The van der Waals surface area contributed by atoms with E-state index in [9.17, 15) is 14.4 Å². The van der Waals surface area contributed by atoms with Gasteiger partial charge >= 0.3 is 5.97 Å². The molecular formula is C25H22N4O4S. The van der Waals surface area contributed by atoms with Crippen LogP contribution < -0.4 is 10.9 Å². The summed E-state index contributed by atoms with van der Waals surface area (Å²) in [5.41, 5.74) is 3.15. The van der Waals surface area contributed by atoms with Gasteiger partial charge in [0.05, 0.1) is 16.8 Å². The van der Waals surface area contributed by atoms with Crippen molar-refractivity contribution in [2.75, 3.05) is 5.32 Å². The molecule has 0 aromatic carbocycles. The van der Waals surface area contributed by atoms with Gasteiger partial charge in [0.1, 0.15) is 17.3 Å². The molecule has 1 aliphatic carbocycles. The fraction of sp³-hybridized carbons (Fsp3) is 0.240. The Morgan fingerprint density at radius 1 is 1.18 bits per heavy atom. The minimum absolute atomic E-state index is 0.140. The number of aryl methyl sites for hydroxylation is 2. The second-order valence-corrected chi connectivity index (χ2v) is 9.24. The lowest BCUT2D eigenvalue weighted by Gasteiger charge is -2.13. The number of nitrogens with zero attached hydrogens (tertiary/aromatic N) is 3. The fourth-order valence-corrected chi connectivity index (χ4v) is 5.46. The van der Waals surface area contributed by atoms with Crippen molar-refractivity contribution < 1.29 is 14.3 Å². The molecule has 4 aromatic rings. The average molecular weight is 475 g/mol. The predicted octanol–water partition coefficient (Wildman–Crippen LogP) is 3.95. The first kappa shape index (κ1) is 22.0. The maximum Gasteiger partial charge on any atom is 0.341 e. The van der Waals surface area contributed by atoms with Gasteiger partial charge in [-0.05, 0) is 62.4 Å². The minimum atomic E-state index is -0.535. The van der Waals surface area contributed by atoms with E-state index in [1.54, 1.807) is 24.4 Å². The molecule has 172 valence electrons. The average Bonchev–Trinajstić information content (AvgIpc) is 3.20. The number of nitrogens with one attached hydrogen (secondary N) is 1. The molecule has 0 spiro atoms. The number of thiophene rings is 1. The predicted molar refractivity (Wildman–Crippen MR) is 128 cm³/mol. The van der Waals surface area contributed by atoms with Crippen molar-refractivity contribution in [3.8, 4) is 0 Å². The Bertz CT molecular complexity index is 1460. The summed E-state index contributed by atoms with van der Waals surface area (Å²) in [6, 6.07) is 10.1. The Morgan fingerprint density at radius 3 is 2.85 bits per heavy atom. The lowest BCUT2D eigenvalue weighted by molar-refractivity contribution is 0.0468. The van der Waals surface area contributed by atoms with Crippen molar-refractivity contribution in [1.29, 1.82) is 0 Å². The van der Waals surface area contributed by atoms with E-state index >= 15 is 0 Å². The van der Waals surface area contributed by atoms with Crippen LogP contribution >= 0.6 is 11.3 Å². The molecule has 0 radical (unpaired) electrons. The van der Waals surface area contributed by atoms with E-state index in [0.29, 0.717) is 27.5 Å². The summed E-state index contributed by atoms with van der Waals surface area (Å²) in [7, 11) is 0. The highest BCUT2D eigenvalue weighted by molar-refractivity contribution is 7.17. The molecule has 0 saturated carbocycles. The van der Waals surface area contributed by atoms with Crippen LogP contribution in [-0.4, -0.2) is 26.2 Å². The zero-order valence-corrected chi connectivity index (χ0v) is 19.4. The number of carbonyl (C=O) groups excluding carboxylic acids is 2. The van der Waals surface area contributed by atoms with Gasteiger partial charge < -0.3 is 10.1 Å². The molecule has 1 N–H and O–H groups in total. The molecule has 9 heteroatoms. The summed E-state index contributed by atoms with van der Waals surface area (Å²) in [6.07, 6.45) is 6.72. The number of rotatable bonds is 5. The molecular weight excluding hydrogens is 452 g/mol. The fourth-order valence-electron chi connectivity index (χ4n) is 4.19. The minimum Gasteiger partial charge on any atom is -0.455 e. The van der Waals surface area contributed by atoms with E-state index in [1.165, 1.54) is 28.0 Å². The van der Waals surface area contributed by atoms with E-state index < -0.39 is 5.97 Å². The van der Waals surface area contributed by atoms with Gasteiger partial charge in [-0.15, -0.1) is 11.3 Å². The summed E-state index contributed by atoms with van der Waals surface area (Å²) in [4.78, 5) is 48.0. The molecule has 34 heavy (non-hydrogen) atoms. The van der Waals surface area contributed by atoms with Gasteiger partial charge in [0.25, 0.3) is 11.5 Å². The zero-order chi connectivity index (χ0) is 23.7. The number of anilines is 1. The number of carbonyl (C=O) groups is 2. The SMILES string of the molecule is Cc1cccc2nc(COC(=O)c3c(NC(=O)c4cccnc4)sc4c3CCCC4)cc(=O)n12. The van der Waals surface area contributed by atoms with Gasteiger partial charge in [0, 0.05) is 29.0 Å². The third-order valence-corrected chi connectivity index (χ3v) is 7.02. The van der Waals surface area contributed by atoms with Crippen molar-refractivity contribution >= 4 is 33.9 Å². The van der Waals surface area contributed by atoms with Crippen LogP contribution in [0.1, 0.15) is 55.4 Å². The topological polar surface area (TPSA) is 103 Å². The van der Waals surface area contributed by atoms with Crippen LogP contribution in [0.4, 0.5) is 5.00 Å². The molecule has 4 aromatic heterocycles. The summed E-state index contributed by atoms with van der Waals surface area (Å²) in [5, 5.41) is 3.35. The number of amides is 1. The second-order valence-electron chi connectivity index (χ2n) is 8.13. The maximum absolute atomic E-state index is 13.2. The van der Waals surface area contributed by atoms with Gasteiger partial charge in [0.2, 0.25) is 0 Å². The van der Waals surface area contributed by atoms with Gasteiger partial charge in [-0.2, -0.15) is 0 Å². The number of aromatic nitrogens is 3. The van der Waals surface area contributed by atoms with Crippen molar-refractivity contribution in [1.82, 2.24) is 14.4 Å². The normalized spacial score (nSPS) is 12.9. The number of hydrogen-bond acceptors (Lipinski definition) is 7. The smallest absolute Gasteiger partial charge is 0.341 e. The van der Waals surface area contributed by atoms with Crippen molar-refractivity contribution in [3.05, 3.63) is 92.1 Å². The molecule has 1 amide bonds. The van der Waals surface area contributed by atoms with Gasteiger partial charge in [-0.25, -0.2) is 9.78 Å². The lowest BCUT2D eigenvalue weighted by atomic mass is 9.95. The van der Waals surface area contributed by atoms with Crippen LogP contribution in [0.3, 0.4) is 0 Å². The molecule has 1 aliphatic rings. The molecule has 8 nitrogen and oxygen atoms in total. The first-order valence-electron chi connectivity index (χ1n) is 11.0. The molecule has 0 unspecified atom stereocenters. The monoisotopic (exact) mass is 474 g/mol. The van der Waals surface area contributed by atoms with Crippen LogP contribution in [0.5, 0.6) is 0 Å². The highest BCUT2D eigenvalue weighted by Gasteiger charge is 2.28. The molecule has 0 atom stereocenters. The van der Waals surface area contributed by atoms with E-state index in [4.69, 9.17) is 4.74 Å². The molecule has 0 bridgehead atoms. The summed E-state index contributed by atoms with van der Waals surface area (Å²) >= 11 is 1.42. The van der Waals surface area contributed by atoms with E-state index in [1.807, 2.05) is 19.1 Å². The lowest BCUT2D eigenvalue weighted by Crippen LogP contribution is -2.19. The third kappa shape index (κ3) is 4.22. The van der Waals surface area contributed by atoms with Crippen molar-refractivity contribution in [2.24, 2.45) is 0 Å². The summed E-state index contributed by atoms with van der Waals surface area (Å²) < 4.78 is 7.10. The Kier molecular flexibility index (Phi) is 5.93. The van der Waals surface area contributed by atoms with Gasteiger partial charge in [-0.1, -0.05) is 6.07 Å². The van der Waals surface area contributed by atoms with E-state index in [0.717, 1.165) is 41.8 Å². The van der Waals surface area contributed by atoms with Crippen LogP contribution in [0.15, 0.2) is 53.6 Å². The maximum atomic E-state index is 13.2. The van der Waals surface area contributed by atoms with Crippen LogP contribution in [0.25, 0.3) is 5.65 Å². The Balaban J connectivity index is 1.41. The third-order valence-electron chi connectivity index (χ3n) is 5.81. The molecule has 0 aliphatic heterocycles. The number of fused-ring (bicyclic) bond motifs is 2. The number of hydrogen-bond donors (Lipinski definition) is 1.